The minimum absolute atomic E-state index is 0.343. The highest BCUT2D eigenvalue weighted by Crippen LogP contribution is 2.36. The lowest BCUT2D eigenvalue weighted by Gasteiger charge is -2.06. The van der Waals surface area contributed by atoms with Crippen molar-refractivity contribution in [3.8, 4) is 22.4 Å². The van der Waals surface area contributed by atoms with Crippen LogP contribution in [0.2, 0.25) is 0 Å². The molecule has 0 aliphatic carbocycles. The highest BCUT2D eigenvalue weighted by Gasteiger charge is 2.17. The number of rotatable bonds is 2. The number of nitrogens with one attached hydrogen (secondary N) is 1. The number of nitrogens with zero attached hydrogens (tertiary/aromatic N) is 4. The van der Waals surface area contributed by atoms with E-state index < -0.39 is 0 Å². The summed E-state index contributed by atoms with van der Waals surface area (Å²) in [6.07, 6.45) is 6.68. The van der Waals surface area contributed by atoms with Crippen LogP contribution in [0.4, 0.5) is 4.39 Å². The molecule has 0 fully saturated rings. The van der Waals surface area contributed by atoms with Gasteiger partial charge in [-0.3, -0.25) is 9.67 Å². The second-order valence-electron chi connectivity index (χ2n) is 6.21. The first-order chi connectivity index (χ1) is 12.7. The zero-order valence-electron chi connectivity index (χ0n) is 13.9. The van der Waals surface area contributed by atoms with Gasteiger partial charge in [-0.25, -0.2) is 9.37 Å². The lowest BCUT2D eigenvalue weighted by Crippen LogP contribution is -1.89. The molecule has 1 aromatic carbocycles. The van der Waals surface area contributed by atoms with Gasteiger partial charge < -0.3 is 4.98 Å². The van der Waals surface area contributed by atoms with Gasteiger partial charge in [0.15, 0.2) is 0 Å². The lowest BCUT2D eigenvalue weighted by molar-refractivity contribution is 0.627. The molecule has 5 rings (SSSR count). The summed E-state index contributed by atoms with van der Waals surface area (Å²) in [6, 6.07) is 11.5. The smallest absolute Gasteiger partial charge is 0.150 e. The van der Waals surface area contributed by atoms with E-state index in [2.05, 4.69) is 20.1 Å². The Hall–Kier alpha value is -3.54. The van der Waals surface area contributed by atoms with Crippen LogP contribution in [0.5, 0.6) is 0 Å². The van der Waals surface area contributed by atoms with Crippen molar-refractivity contribution in [3.05, 3.63) is 67.0 Å². The van der Waals surface area contributed by atoms with E-state index in [9.17, 15) is 4.39 Å². The van der Waals surface area contributed by atoms with E-state index in [0.29, 0.717) is 11.2 Å². The van der Waals surface area contributed by atoms with E-state index in [1.165, 1.54) is 6.20 Å². The minimum atomic E-state index is -0.343. The van der Waals surface area contributed by atoms with Crippen molar-refractivity contribution in [2.45, 2.75) is 0 Å². The van der Waals surface area contributed by atoms with Gasteiger partial charge in [-0.1, -0.05) is 30.3 Å². The molecule has 0 bridgehead atoms. The maximum atomic E-state index is 14.7. The maximum Gasteiger partial charge on any atom is 0.150 e. The van der Waals surface area contributed by atoms with E-state index >= 15 is 0 Å². The summed E-state index contributed by atoms with van der Waals surface area (Å²) in [4.78, 5) is 12.0. The molecule has 0 saturated carbocycles. The van der Waals surface area contributed by atoms with Crippen molar-refractivity contribution in [2.24, 2.45) is 7.05 Å². The zero-order chi connectivity index (χ0) is 17.7. The van der Waals surface area contributed by atoms with Crippen LogP contribution >= 0.6 is 0 Å². The van der Waals surface area contributed by atoms with Crippen LogP contribution in [0.1, 0.15) is 0 Å². The third kappa shape index (κ3) is 2.19. The maximum absolute atomic E-state index is 14.7. The molecule has 126 valence electrons. The van der Waals surface area contributed by atoms with Gasteiger partial charge in [-0.2, -0.15) is 5.10 Å². The summed E-state index contributed by atoms with van der Waals surface area (Å²) in [6.45, 7) is 0. The predicted molar refractivity (Wildman–Crippen MR) is 99.0 cm³/mol. The van der Waals surface area contributed by atoms with Crippen molar-refractivity contribution in [1.82, 2.24) is 24.7 Å². The Morgan fingerprint density at radius 1 is 1.00 bits per heavy atom. The Kier molecular flexibility index (Phi) is 3.12. The largest absolute Gasteiger partial charge is 0.338 e. The Balaban J connectivity index is 1.86. The molecule has 0 atom stereocenters. The molecule has 4 heterocycles. The molecule has 6 heteroatoms. The summed E-state index contributed by atoms with van der Waals surface area (Å²) in [5, 5.41) is 5.85. The molecule has 4 aromatic heterocycles. The quantitative estimate of drug-likeness (QED) is 0.519. The fourth-order valence-electron chi connectivity index (χ4n) is 3.33. The normalized spacial score (nSPS) is 11.5. The van der Waals surface area contributed by atoms with Gasteiger partial charge in [0.05, 0.1) is 29.8 Å². The van der Waals surface area contributed by atoms with Gasteiger partial charge in [-0.05, 0) is 11.6 Å². The molecule has 5 nitrogen and oxygen atoms in total. The second-order valence-corrected chi connectivity index (χ2v) is 6.21. The first-order valence-electron chi connectivity index (χ1n) is 8.21. The van der Waals surface area contributed by atoms with Crippen molar-refractivity contribution in [3.63, 3.8) is 0 Å². The lowest BCUT2D eigenvalue weighted by atomic mass is 10.0. The molecular formula is C20H14FN5. The monoisotopic (exact) mass is 343 g/mol. The number of aromatic amines is 1. The number of pyridine rings is 2. The van der Waals surface area contributed by atoms with Gasteiger partial charge in [-0.15, -0.1) is 0 Å². The number of hydrogen-bond donors (Lipinski definition) is 1. The van der Waals surface area contributed by atoms with Gasteiger partial charge in [0.25, 0.3) is 0 Å². The standard InChI is InChI=1S/C20H14FN5/c1-26-11-13(8-24-26)16-7-14-17(10-22-16)25-20-19(14)18(15(21)9-23-20)12-5-3-2-4-6-12/h2-11H,1H3,(H,23,25). The van der Waals surface area contributed by atoms with E-state index in [0.717, 1.165) is 33.1 Å². The number of fused-ring (bicyclic) bond motifs is 3. The average molecular weight is 343 g/mol. The summed E-state index contributed by atoms with van der Waals surface area (Å²) >= 11 is 0. The van der Waals surface area contributed by atoms with Crippen molar-refractivity contribution >= 4 is 21.9 Å². The van der Waals surface area contributed by atoms with Crippen molar-refractivity contribution in [2.75, 3.05) is 0 Å². The predicted octanol–water partition coefficient (Wildman–Crippen LogP) is 4.32. The number of H-pyrrole nitrogens is 1. The third-order valence-electron chi connectivity index (χ3n) is 4.52. The van der Waals surface area contributed by atoms with Crippen LogP contribution < -0.4 is 0 Å². The summed E-state index contributed by atoms with van der Waals surface area (Å²) in [5.74, 6) is -0.343. The molecular weight excluding hydrogens is 329 g/mol. The molecule has 5 aromatic rings. The van der Waals surface area contributed by atoms with E-state index in [-0.39, 0.29) is 5.82 Å². The van der Waals surface area contributed by atoms with Gasteiger partial charge >= 0.3 is 0 Å². The number of hydrogen-bond acceptors (Lipinski definition) is 3. The number of aryl methyl sites for hydroxylation is 1. The Morgan fingerprint density at radius 2 is 1.85 bits per heavy atom. The van der Waals surface area contributed by atoms with Crippen molar-refractivity contribution < 1.29 is 4.39 Å². The van der Waals surface area contributed by atoms with E-state index in [4.69, 9.17) is 0 Å². The number of halogens is 1. The molecule has 0 aliphatic heterocycles. The van der Waals surface area contributed by atoms with Crippen LogP contribution in [0.25, 0.3) is 44.3 Å². The third-order valence-corrected chi connectivity index (χ3v) is 4.52. The Bertz CT molecular complexity index is 1250. The van der Waals surface area contributed by atoms with Crippen LogP contribution in [-0.4, -0.2) is 24.7 Å². The average Bonchev–Trinajstić information content (AvgIpc) is 3.25. The number of benzene rings is 1. The Morgan fingerprint density at radius 3 is 2.62 bits per heavy atom. The van der Waals surface area contributed by atoms with Crippen LogP contribution in [0.3, 0.4) is 0 Å². The topological polar surface area (TPSA) is 59.4 Å². The zero-order valence-corrected chi connectivity index (χ0v) is 13.9. The van der Waals surface area contributed by atoms with Gasteiger partial charge in [0.2, 0.25) is 0 Å². The van der Waals surface area contributed by atoms with Gasteiger partial charge in [0, 0.05) is 35.1 Å². The Labute approximate surface area is 148 Å². The molecule has 26 heavy (non-hydrogen) atoms. The molecule has 0 spiro atoms. The second kappa shape index (κ2) is 5.49. The molecule has 0 radical (unpaired) electrons. The molecule has 0 unspecified atom stereocenters. The fourth-order valence-corrected chi connectivity index (χ4v) is 3.33. The fraction of sp³-hybridized carbons (Fsp3) is 0.0500. The molecule has 0 aliphatic rings. The van der Waals surface area contributed by atoms with Crippen LogP contribution in [0, 0.1) is 5.82 Å². The SMILES string of the molecule is Cn1cc(-c2cc3c(cn2)[nH]c2ncc(F)c(-c4ccccc4)c23)cn1. The van der Waals surface area contributed by atoms with E-state index in [1.54, 1.807) is 17.1 Å². The number of aromatic nitrogens is 5. The van der Waals surface area contributed by atoms with Crippen LogP contribution in [0.15, 0.2) is 61.2 Å². The molecule has 0 saturated heterocycles. The van der Waals surface area contributed by atoms with E-state index in [1.807, 2.05) is 49.6 Å². The molecule has 0 amide bonds. The summed E-state index contributed by atoms with van der Waals surface area (Å²) in [5.41, 5.74) is 4.53. The molecule has 1 N–H and O–H groups in total. The minimum Gasteiger partial charge on any atom is -0.338 e. The highest BCUT2D eigenvalue weighted by molar-refractivity contribution is 6.13. The van der Waals surface area contributed by atoms with Crippen molar-refractivity contribution in [1.29, 1.82) is 0 Å². The summed E-state index contributed by atoms with van der Waals surface area (Å²) in [7, 11) is 1.86. The van der Waals surface area contributed by atoms with Gasteiger partial charge in [0.1, 0.15) is 11.5 Å². The summed E-state index contributed by atoms with van der Waals surface area (Å²) < 4.78 is 16.5. The highest BCUT2D eigenvalue weighted by atomic mass is 19.1. The first-order valence-corrected chi connectivity index (χ1v) is 8.21. The van der Waals surface area contributed by atoms with Crippen LogP contribution in [-0.2, 0) is 7.05 Å². The first kappa shape index (κ1) is 14.8.